The molecule has 1 aromatic heterocycles. The summed E-state index contributed by atoms with van der Waals surface area (Å²) in [5, 5.41) is 9.55. The molecule has 1 aliphatic rings. The van der Waals surface area contributed by atoms with Gasteiger partial charge in [0.1, 0.15) is 23.0 Å². The number of carbonyl (C=O) groups is 1. The Morgan fingerprint density at radius 1 is 1.05 bits per heavy atom. The lowest BCUT2D eigenvalue weighted by atomic mass is 10.0. The highest BCUT2D eigenvalue weighted by atomic mass is 19.4. The molecular weight excluding hydrogens is 526 g/mol. The Labute approximate surface area is 218 Å². The number of halogens is 6. The van der Waals surface area contributed by atoms with E-state index in [2.05, 4.69) is 15.7 Å². The van der Waals surface area contributed by atoms with Crippen LogP contribution in [0.25, 0.3) is 22.2 Å². The van der Waals surface area contributed by atoms with Gasteiger partial charge in [-0.3, -0.25) is 4.68 Å². The number of urea groups is 1. The predicted molar refractivity (Wildman–Crippen MR) is 132 cm³/mol. The fraction of sp³-hybridized carbons (Fsp3) is 0.259. The summed E-state index contributed by atoms with van der Waals surface area (Å²) in [6.07, 6.45) is -2.97. The van der Waals surface area contributed by atoms with Gasteiger partial charge in [0.05, 0.1) is 23.9 Å². The standard InChI is InChI=1S/C27H22F6N4O2/c28-16-11-22(29)20(23(30)12-16)14-37-25(19-4-1-5-21(24(19)36-37)27(31,32)33)15-6-8-17(9-7-15)35-26(38)34-13-18-3-2-10-39-18/h1,4-9,11-12,18H,2-3,10,13-14H2,(H2,34,35,38). The topological polar surface area (TPSA) is 68.2 Å². The molecule has 1 aliphatic heterocycles. The number of ether oxygens (including phenoxy) is 1. The van der Waals surface area contributed by atoms with Gasteiger partial charge >= 0.3 is 12.2 Å². The van der Waals surface area contributed by atoms with Crippen molar-refractivity contribution in [2.24, 2.45) is 0 Å². The number of amides is 2. The Morgan fingerprint density at radius 2 is 1.77 bits per heavy atom. The van der Waals surface area contributed by atoms with Gasteiger partial charge in [0.25, 0.3) is 0 Å². The molecule has 12 heteroatoms. The lowest BCUT2D eigenvalue weighted by Gasteiger charge is -2.13. The van der Waals surface area contributed by atoms with Crippen molar-refractivity contribution in [2.75, 3.05) is 18.5 Å². The van der Waals surface area contributed by atoms with Crippen LogP contribution in [0.4, 0.5) is 36.8 Å². The molecule has 4 aromatic rings. The number of anilines is 1. The number of hydrogen-bond acceptors (Lipinski definition) is 3. The van der Waals surface area contributed by atoms with E-state index in [1.807, 2.05) is 0 Å². The minimum atomic E-state index is -4.73. The molecule has 0 aliphatic carbocycles. The first-order valence-corrected chi connectivity index (χ1v) is 12.1. The van der Waals surface area contributed by atoms with Crippen LogP contribution in [0, 0.1) is 17.5 Å². The number of hydrogen-bond donors (Lipinski definition) is 2. The molecule has 6 nitrogen and oxygen atoms in total. The first-order valence-electron chi connectivity index (χ1n) is 12.1. The molecule has 0 bridgehead atoms. The largest absolute Gasteiger partial charge is 0.418 e. The van der Waals surface area contributed by atoms with Crippen molar-refractivity contribution in [2.45, 2.75) is 31.7 Å². The normalized spacial score (nSPS) is 15.6. The smallest absolute Gasteiger partial charge is 0.376 e. The van der Waals surface area contributed by atoms with Crippen molar-refractivity contribution in [3.05, 3.63) is 83.2 Å². The Bertz CT molecular complexity index is 1490. The lowest BCUT2D eigenvalue weighted by molar-refractivity contribution is -0.136. The van der Waals surface area contributed by atoms with Crippen molar-refractivity contribution in [3.8, 4) is 11.3 Å². The van der Waals surface area contributed by atoms with Gasteiger partial charge in [-0.15, -0.1) is 0 Å². The maximum Gasteiger partial charge on any atom is 0.418 e. The van der Waals surface area contributed by atoms with Crippen LogP contribution >= 0.6 is 0 Å². The number of rotatable bonds is 6. The molecule has 2 heterocycles. The second kappa shape index (κ2) is 10.6. The second-order valence-corrected chi connectivity index (χ2v) is 9.10. The minimum Gasteiger partial charge on any atom is -0.376 e. The van der Waals surface area contributed by atoms with Crippen molar-refractivity contribution < 1.29 is 35.9 Å². The third-order valence-electron chi connectivity index (χ3n) is 6.42. The van der Waals surface area contributed by atoms with Crippen LogP contribution in [-0.2, 0) is 17.5 Å². The van der Waals surface area contributed by atoms with E-state index in [1.165, 1.54) is 24.3 Å². The van der Waals surface area contributed by atoms with Crippen LogP contribution in [0.2, 0.25) is 0 Å². The molecule has 204 valence electrons. The molecule has 1 atom stereocenters. The van der Waals surface area contributed by atoms with Gasteiger partial charge in [0.15, 0.2) is 0 Å². The number of aromatic nitrogens is 2. The van der Waals surface area contributed by atoms with Crippen LogP contribution in [0.5, 0.6) is 0 Å². The predicted octanol–water partition coefficient (Wildman–Crippen LogP) is 6.49. The van der Waals surface area contributed by atoms with Gasteiger partial charge < -0.3 is 15.4 Å². The zero-order valence-electron chi connectivity index (χ0n) is 20.3. The minimum absolute atomic E-state index is 0.0379. The Hall–Kier alpha value is -4.06. The SMILES string of the molecule is O=C(NCC1CCCO1)Nc1ccc(-c2c3cccc(C(F)(F)F)c3nn2Cc2c(F)cc(F)cc2F)cc1. The summed E-state index contributed by atoms with van der Waals surface area (Å²) in [4.78, 5) is 12.2. The molecule has 1 unspecified atom stereocenters. The maximum absolute atomic E-state index is 14.4. The van der Waals surface area contributed by atoms with Gasteiger partial charge in [-0.25, -0.2) is 18.0 Å². The van der Waals surface area contributed by atoms with E-state index in [9.17, 15) is 31.1 Å². The molecular formula is C27H22F6N4O2. The average molecular weight is 548 g/mol. The molecule has 2 N–H and O–H groups in total. The van der Waals surface area contributed by atoms with E-state index in [1.54, 1.807) is 12.1 Å². The third kappa shape index (κ3) is 5.70. The number of nitrogens with one attached hydrogen (secondary N) is 2. The number of carbonyl (C=O) groups excluding carboxylic acids is 1. The van der Waals surface area contributed by atoms with E-state index in [4.69, 9.17) is 4.74 Å². The lowest BCUT2D eigenvalue weighted by Crippen LogP contribution is -2.34. The van der Waals surface area contributed by atoms with E-state index in [0.717, 1.165) is 23.6 Å². The summed E-state index contributed by atoms with van der Waals surface area (Å²) >= 11 is 0. The number of nitrogens with zero attached hydrogens (tertiary/aromatic N) is 2. The Balaban J connectivity index is 1.49. The van der Waals surface area contributed by atoms with E-state index >= 15 is 0 Å². The summed E-state index contributed by atoms with van der Waals surface area (Å²) in [7, 11) is 0. The van der Waals surface area contributed by atoms with Gasteiger partial charge in [0, 0.05) is 47.5 Å². The third-order valence-corrected chi connectivity index (χ3v) is 6.42. The van der Waals surface area contributed by atoms with Crippen molar-refractivity contribution in [1.82, 2.24) is 15.1 Å². The molecule has 0 saturated carbocycles. The van der Waals surface area contributed by atoms with Gasteiger partial charge in [-0.05, 0) is 31.0 Å². The Morgan fingerprint density at radius 3 is 2.41 bits per heavy atom. The average Bonchev–Trinajstić information content (AvgIpc) is 3.52. The second-order valence-electron chi connectivity index (χ2n) is 9.10. The first kappa shape index (κ1) is 26.5. The van der Waals surface area contributed by atoms with E-state index in [-0.39, 0.29) is 17.2 Å². The highest BCUT2D eigenvalue weighted by Crippen LogP contribution is 2.38. The van der Waals surface area contributed by atoms with Crippen LogP contribution in [-0.4, -0.2) is 35.1 Å². The molecule has 1 fully saturated rings. The van der Waals surface area contributed by atoms with Crippen LogP contribution < -0.4 is 10.6 Å². The van der Waals surface area contributed by atoms with E-state index in [0.29, 0.717) is 36.5 Å². The summed E-state index contributed by atoms with van der Waals surface area (Å²) in [5.41, 5.74) is -1.02. The number of fused-ring (bicyclic) bond motifs is 1. The molecule has 1 saturated heterocycles. The molecule has 0 radical (unpaired) electrons. The quantitative estimate of drug-likeness (QED) is 0.271. The molecule has 5 rings (SSSR count). The summed E-state index contributed by atoms with van der Waals surface area (Å²) in [5.74, 6) is -3.51. The Kier molecular flexibility index (Phi) is 7.21. The monoisotopic (exact) mass is 548 g/mol. The van der Waals surface area contributed by atoms with Crippen LogP contribution in [0.1, 0.15) is 24.0 Å². The zero-order valence-corrected chi connectivity index (χ0v) is 20.3. The van der Waals surface area contributed by atoms with Gasteiger partial charge in [0.2, 0.25) is 0 Å². The molecule has 0 spiro atoms. The molecule has 2 amide bonds. The maximum atomic E-state index is 14.4. The van der Waals surface area contributed by atoms with Crippen molar-refractivity contribution in [1.29, 1.82) is 0 Å². The number of alkyl halides is 3. The number of benzene rings is 3. The summed E-state index contributed by atoms with van der Waals surface area (Å²) in [6, 6.07) is 10.2. The zero-order chi connectivity index (χ0) is 27.7. The van der Waals surface area contributed by atoms with Gasteiger partial charge in [-0.2, -0.15) is 18.3 Å². The fourth-order valence-corrected chi connectivity index (χ4v) is 4.57. The summed E-state index contributed by atoms with van der Waals surface area (Å²) in [6.45, 7) is 0.420. The van der Waals surface area contributed by atoms with Crippen molar-refractivity contribution in [3.63, 3.8) is 0 Å². The van der Waals surface area contributed by atoms with Crippen LogP contribution in [0.15, 0.2) is 54.6 Å². The summed E-state index contributed by atoms with van der Waals surface area (Å²) < 4.78 is 90.0. The first-order chi connectivity index (χ1) is 18.6. The highest BCUT2D eigenvalue weighted by Gasteiger charge is 2.34. The van der Waals surface area contributed by atoms with Gasteiger partial charge in [-0.1, -0.05) is 24.3 Å². The molecule has 39 heavy (non-hydrogen) atoms. The molecule has 3 aromatic carbocycles. The van der Waals surface area contributed by atoms with Crippen molar-refractivity contribution >= 4 is 22.6 Å². The highest BCUT2D eigenvalue weighted by molar-refractivity contribution is 5.96. The fourth-order valence-electron chi connectivity index (χ4n) is 4.57. The van der Waals surface area contributed by atoms with E-state index < -0.39 is 52.8 Å². The van der Waals surface area contributed by atoms with Crippen LogP contribution in [0.3, 0.4) is 0 Å².